The summed E-state index contributed by atoms with van der Waals surface area (Å²) in [5.74, 6) is 0. The molecule has 3 N–H and O–H groups in total. The molecule has 1 aromatic carbocycles. The van der Waals surface area contributed by atoms with Crippen LogP contribution in [-0.2, 0) is 3.78 Å². The Bertz CT molecular complexity index is 262. The summed E-state index contributed by atoms with van der Waals surface area (Å²) in [5, 5.41) is 0. The molecule has 52 valence electrons. The number of rotatable bonds is 1. The van der Waals surface area contributed by atoms with Gasteiger partial charge in [0.2, 0.25) is 0 Å². The summed E-state index contributed by atoms with van der Waals surface area (Å²) in [6, 6.07) is 6.50. The van der Waals surface area contributed by atoms with Gasteiger partial charge >= 0.3 is 62.6 Å². The Morgan fingerprint density at radius 2 is 2.20 bits per heavy atom. The first-order valence-electron chi connectivity index (χ1n) is 2.79. The summed E-state index contributed by atoms with van der Waals surface area (Å²) >= 11 is -3.13. The van der Waals surface area contributed by atoms with Gasteiger partial charge in [-0.15, -0.1) is 0 Å². The number of hydrogen-bond acceptors (Lipinski definition) is 2. The van der Waals surface area contributed by atoms with Crippen molar-refractivity contribution in [2.45, 2.75) is 0 Å². The Labute approximate surface area is 63.1 Å². The van der Waals surface area contributed by atoms with E-state index in [1.165, 1.54) is 6.07 Å². The van der Waals surface area contributed by atoms with Gasteiger partial charge in [0.1, 0.15) is 0 Å². The molecule has 0 fully saturated rings. The van der Waals surface area contributed by atoms with Crippen molar-refractivity contribution in [3.05, 3.63) is 24.3 Å². The molecule has 0 aliphatic carbocycles. The topological polar surface area (TPSA) is 63.3 Å². The van der Waals surface area contributed by atoms with E-state index in [2.05, 4.69) is 0 Å². The van der Waals surface area contributed by atoms with E-state index >= 15 is 0 Å². The van der Waals surface area contributed by atoms with Gasteiger partial charge in [0, 0.05) is 0 Å². The Kier molecular flexibility index (Phi) is 2.06. The fourth-order valence-corrected chi connectivity index (χ4v) is 1.78. The van der Waals surface area contributed by atoms with Crippen LogP contribution in [0.4, 0.5) is 5.69 Å². The van der Waals surface area contributed by atoms with Crippen molar-refractivity contribution in [2.75, 3.05) is 5.73 Å². The Hall–Kier alpha value is -0.837. The third-order valence-corrected chi connectivity index (χ3v) is 2.82. The predicted molar refractivity (Wildman–Crippen MR) is 39.1 cm³/mol. The summed E-state index contributed by atoms with van der Waals surface area (Å²) in [5.41, 5.74) is 5.91. The van der Waals surface area contributed by atoms with Crippen molar-refractivity contribution < 1.29 is 7.91 Å². The van der Waals surface area contributed by atoms with E-state index in [9.17, 15) is 3.78 Å². The number of benzene rings is 1. The molecule has 1 aromatic rings. The summed E-state index contributed by atoms with van der Waals surface area (Å²) < 4.78 is 19.7. The maximum atomic E-state index is 10.5. The summed E-state index contributed by atoms with van der Waals surface area (Å²) in [4.78, 5) is 0. The van der Waals surface area contributed by atoms with Crippen LogP contribution in [0.1, 0.15) is 0 Å². The van der Waals surface area contributed by atoms with Crippen LogP contribution in [0.3, 0.4) is 0 Å². The van der Waals surface area contributed by atoms with Gasteiger partial charge in [-0.3, -0.25) is 0 Å². The normalized spacial score (nSPS) is 9.20. The molecule has 0 bridgehead atoms. The zero-order chi connectivity index (χ0) is 7.56. The average Bonchev–Trinajstić information content (AvgIpc) is 1.88. The first-order chi connectivity index (χ1) is 4.70. The molecule has 0 atom stereocenters. The summed E-state index contributed by atoms with van der Waals surface area (Å²) in [6.07, 6.45) is 0. The number of hydrogen-bond donors (Lipinski definition) is 2. The molecule has 0 heterocycles. The monoisotopic (exact) mass is 199 g/mol. The molecule has 10 heavy (non-hydrogen) atoms. The van der Waals surface area contributed by atoms with E-state index in [0.29, 0.717) is 10.1 Å². The third kappa shape index (κ3) is 1.57. The van der Waals surface area contributed by atoms with Crippen LogP contribution in [0.25, 0.3) is 0 Å². The molecule has 0 aliphatic heterocycles. The minimum atomic E-state index is -3.13. The fourth-order valence-electron chi connectivity index (χ4n) is 0.672. The summed E-state index contributed by atoms with van der Waals surface area (Å²) in [6.45, 7) is 0. The quantitative estimate of drug-likeness (QED) is 0.467. The van der Waals surface area contributed by atoms with Crippen molar-refractivity contribution in [3.8, 4) is 0 Å². The third-order valence-electron chi connectivity index (χ3n) is 1.13. The van der Waals surface area contributed by atoms with Gasteiger partial charge < -0.3 is 0 Å². The molecule has 0 radical (unpaired) electrons. The molecular weight excluding hydrogens is 191 g/mol. The molecule has 3 nitrogen and oxygen atoms in total. The molecule has 0 unspecified atom stereocenters. The molecule has 4 heteroatoms. The zero-order valence-corrected chi connectivity index (χ0v) is 7.34. The van der Waals surface area contributed by atoms with Gasteiger partial charge in [0.25, 0.3) is 0 Å². The fraction of sp³-hybridized carbons (Fsp3) is 0. The van der Waals surface area contributed by atoms with E-state index in [1.54, 1.807) is 18.2 Å². The molecule has 0 saturated carbocycles. The van der Waals surface area contributed by atoms with Crippen molar-refractivity contribution in [1.82, 2.24) is 0 Å². The van der Waals surface area contributed by atoms with Crippen LogP contribution in [-0.4, -0.2) is 18.8 Å². The SMILES string of the molecule is Nc1ccc[c]([Ge](=[O])[OH])c1. The van der Waals surface area contributed by atoms with Crippen LogP contribution in [0.2, 0.25) is 0 Å². The van der Waals surface area contributed by atoms with Gasteiger partial charge in [-0.05, 0) is 0 Å². The van der Waals surface area contributed by atoms with E-state index in [-0.39, 0.29) is 0 Å². The number of nitrogen functional groups attached to an aromatic ring is 1. The van der Waals surface area contributed by atoms with E-state index in [0.717, 1.165) is 0 Å². The van der Waals surface area contributed by atoms with Crippen LogP contribution in [0.5, 0.6) is 0 Å². The van der Waals surface area contributed by atoms with Crippen LogP contribution >= 0.6 is 0 Å². The van der Waals surface area contributed by atoms with Gasteiger partial charge in [-0.25, -0.2) is 0 Å². The predicted octanol–water partition coefficient (Wildman–Crippen LogP) is -0.613. The van der Waals surface area contributed by atoms with E-state index in [1.807, 2.05) is 0 Å². The second-order valence-electron chi connectivity index (χ2n) is 1.93. The Balaban J connectivity index is 3.07. The van der Waals surface area contributed by atoms with Crippen molar-refractivity contribution in [2.24, 2.45) is 0 Å². The van der Waals surface area contributed by atoms with Gasteiger partial charge in [0.15, 0.2) is 0 Å². The summed E-state index contributed by atoms with van der Waals surface area (Å²) in [7, 11) is 0. The second-order valence-corrected chi connectivity index (χ2v) is 4.42. The standard InChI is InChI=1S/C6H7GeNO2/c8-6-3-1-2-5(4-6)7(9)10/h1-4,9H,8H2. The van der Waals surface area contributed by atoms with Crippen LogP contribution < -0.4 is 10.1 Å². The van der Waals surface area contributed by atoms with Crippen LogP contribution in [0.15, 0.2) is 24.3 Å². The molecule has 0 spiro atoms. The Morgan fingerprint density at radius 1 is 1.50 bits per heavy atom. The zero-order valence-electron chi connectivity index (χ0n) is 5.24. The van der Waals surface area contributed by atoms with Crippen molar-refractivity contribution in [3.63, 3.8) is 0 Å². The van der Waals surface area contributed by atoms with Gasteiger partial charge in [0.05, 0.1) is 0 Å². The van der Waals surface area contributed by atoms with E-state index in [4.69, 9.17) is 9.87 Å². The van der Waals surface area contributed by atoms with Gasteiger partial charge in [-0.2, -0.15) is 0 Å². The molecular formula is C6H7GeNO2. The maximum absolute atomic E-state index is 10.5. The van der Waals surface area contributed by atoms with E-state index < -0.39 is 14.6 Å². The van der Waals surface area contributed by atoms with Crippen molar-refractivity contribution in [1.29, 1.82) is 0 Å². The number of anilines is 1. The van der Waals surface area contributed by atoms with Crippen LogP contribution in [0, 0.1) is 0 Å². The minimum absolute atomic E-state index is 0.472. The first-order valence-corrected chi connectivity index (χ1v) is 5.63. The average molecular weight is 198 g/mol. The number of nitrogens with two attached hydrogens (primary N) is 1. The first kappa shape index (κ1) is 7.27. The van der Waals surface area contributed by atoms with Gasteiger partial charge in [-0.1, -0.05) is 0 Å². The molecule has 1 rings (SSSR count). The molecule has 0 amide bonds. The molecule has 0 saturated heterocycles. The van der Waals surface area contributed by atoms with Crippen molar-refractivity contribution >= 4 is 24.7 Å². The molecule has 0 aromatic heterocycles. The Morgan fingerprint density at radius 3 is 2.60 bits per heavy atom. The second kappa shape index (κ2) is 2.83. The molecule has 0 aliphatic rings.